The third-order valence-corrected chi connectivity index (χ3v) is 4.28. The van der Waals surface area contributed by atoms with Crippen molar-refractivity contribution in [2.45, 2.75) is 19.0 Å². The number of hydrogen-bond acceptors (Lipinski definition) is 0. The zero-order valence-electron chi connectivity index (χ0n) is 6.73. The molecule has 0 heterocycles. The van der Waals surface area contributed by atoms with Crippen LogP contribution in [0.1, 0.15) is 13.3 Å². The molecule has 0 aromatic rings. The molecule has 0 aliphatic rings. The molecule has 0 spiro atoms. The smallest absolute Gasteiger partial charge is 0.0755 e. The zero-order chi connectivity index (χ0) is 6.78. The molecule has 8 heavy (non-hydrogen) atoms. The fourth-order valence-electron chi connectivity index (χ4n) is 0.548. The molecular weight excluding hydrogens is 114 g/mol. The van der Waals surface area contributed by atoms with Gasteiger partial charge in [0.15, 0.2) is 0 Å². The minimum Gasteiger partial charge on any atom is -0.333 e. The zero-order valence-corrected chi connectivity index (χ0v) is 8.73. The normalized spacial score (nSPS) is 16.5. The maximum atomic E-state index is 2.27. The number of nitrogens with zero attached hydrogens (tertiary/aromatic N) is 1. The highest BCUT2D eigenvalue weighted by Gasteiger charge is 2.14. The van der Waals surface area contributed by atoms with Crippen LogP contribution in [0, 0.1) is 0 Å². The Hall–Kier alpha value is 0.177. The van der Waals surface area contributed by atoms with Gasteiger partial charge in [-0.25, -0.2) is 0 Å². The monoisotopic (exact) mass is 132 g/mol. The maximum Gasteiger partial charge on any atom is 0.0755 e. The van der Waals surface area contributed by atoms with Gasteiger partial charge in [0.25, 0.3) is 0 Å². The Balaban J connectivity index is 3.62. The van der Waals surface area contributed by atoms with Crippen molar-refractivity contribution in [1.82, 2.24) is 0 Å². The van der Waals surface area contributed by atoms with Gasteiger partial charge in [-0.1, -0.05) is 6.92 Å². The summed E-state index contributed by atoms with van der Waals surface area (Å²) in [5, 5.41) is 0. The summed E-state index contributed by atoms with van der Waals surface area (Å²) in [5.74, 6) is 0. The van der Waals surface area contributed by atoms with Gasteiger partial charge >= 0.3 is 0 Å². The highest BCUT2D eigenvalue weighted by molar-refractivity contribution is 6.10. The van der Waals surface area contributed by atoms with Crippen molar-refractivity contribution in [3.8, 4) is 0 Å². The first-order valence-corrected chi connectivity index (χ1v) is 4.45. The average molecular weight is 132 g/mol. The second kappa shape index (κ2) is 2.64. The van der Waals surface area contributed by atoms with Gasteiger partial charge in [0.05, 0.1) is 37.1 Å². The number of hydrogen-bond donors (Lipinski definition) is 0. The largest absolute Gasteiger partial charge is 0.333 e. The molecule has 50 valence electrons. The second-order valence-electron chi connectivity index (χ2n) is 3.37. The Morgan fingerprint density at radius 1 is 1.38 bits per heavy atom. The van der Waals surface area contributed by atoms with Crippen molar-refractivity contribution in [2.75, 3.05) is 21.1 Å². The molecule has 1 unspecified atom stereocenters. The van der Waals surface area contributed by atoms with Crippen LogP contribution in [-0.4, -0.2) is 41.5 Å². The van der Waals surface area contributed by atoms with E-state index in [0.29, 0.717) is 0 Å². The summed E-state index contributed by atoms with van der Waals surface area (Å²) in [4.78, 5) is 0. The summed E-state index contributed by atoms with van der Waals surface area (Å²) in [5.41, 5.74) is 0.926. The lowest BCUT2D eigenvalue weighted by Gasteiger charge is -2.30. The Bertz CT molecular complexity index is 65.4. The Labute approximate surface area is 55.7 Å². The molecule has 1 nitrogen and oxygen atoms in total. The predicted octanol–water partition coefficient (Wildman–Crippen LogP) is -0.206. The van der Waals surface area contributed by atoms with E-state index in [1.807, 2.05) is 0 Å². The third-order valence-electron chi connectivity index (χ3n) is 1.91. The van der Waals surface area contributed by atoms with E-state index in [2.05, 4.69) is 28.1 Å². The minimum absolute atomic E-state index is 0.926. The molecule has 0 N–H and O–H groups in total. The number of rotatable bonds is 2. The van der Waals surface area contributed by atoms with Crippen LogP contribution < -0.4 is 0 Å². The van der Waals surface area contributed by atoms with E-state index in [4.69, 9.17) is 0 Å². The van der Waals surface area contributed by atoms with Crippen LogP contribution in [0.4, 0.5) is 0 Å². The van der Waals surface area contributed by atoms with E-state index in [-0.39, 0.29) is 0 Å². The Morgan fingerprint density at radius 3 is 1.75 bits per heavy atom. The summed E-state index contributed by atoms with van der Waals surface area (Å²) in [6.07, 6.45) is 1.33. The first-order valence-electron chi connectivity index (χ1n) is 3.29. The van der Waals surface area contributed by atoms with Gasteiger partial charge in [-0.3, -0.25) is 0 Å². The summed E-state index contributed by atoms with van der Waals surface area (Å²) in [6, 6.07) is 0. The van der Waals surface area contributed by atoms with Gasteiger partial charge in [-0.05, 0) is 6.42 Å². The summed E-state index contributed by atoms with van der Waals surface area (Å²) in [6.45, 7) is 2.27. The first-order chi connectivity index (χ1) is 3.48. The van der Waals surface area contributed by atoms with Gasteiger partial charge in [0.1, 0.15) is 0 Å². The van der Waals surface area contributed by atoms with Crippen LogP contribution in [0.15, 0.2) is 0 Å². The lowest BCUT2D eigenvalue weighted by molar-refractivity contribution is -0.882. The lowest BCUT2D eigenvalue weighted by Crippen LogP contribution is -2.44. The van der Waals surface area contributed by atoms with Crippen molar-refractivity contribution in [1.29, 1.82) is 0 Å². The molecule has 0 aromatic heterocycles. The predicted molar refractivity (Wildman–Crippen MR) is 42.1 cm³/mol. The third kappa shape index (κ3) is 2.48. The van der Waals surface area contributed by atoms with Crippen molar-refractivity contribution in [3.63, 3.8) is 0 Å². The minimum atomic E-state index is 0.926. The summed E-state index contributed by atoms with van der Waals surface area (Å²) >= 11 is 0. The molecule has 0 rings (SSSR count). The fraction of sp³-hybridized carbons (Fsp3) is 1.00. The molecule has 0 fully saturated rings. The molecular formula is C6H18NSi+. The van der Waals surface area contributed by atoms with E-state index in [0.717, 1.165) is 10.1 Å². The molecule has 0 saturated heterocycles. The van der Waals surface area contributed by atoms with Crippen LogP contribution in [0.5, 0.6) is 0 Å². The lowest BCUT2D eigenvalue weighted by atomic mass is 10.4. The SMILES string of the molecule is CCC([SiH3])[N+](C)(C)C. The van der Waals surface area contributed by atoms with Crippen LogP contribution in [0.3, 0.4) is 0 Å². The van der Waals surface area contributed by atoms with Gasteiger partial charge < -0.3 is 4.48 Å². The van der Waals surface area contributed by atoms with Crippen molar-refractivity contribution < 1.29 is 4.48 Å². The van der Waals surface area contributed by atoms with Crippen molar-refractivity contribution >= 4 is 10.2 Å². The van der Waals surface area contributed by atoms with E-state index in [9.17, 15) is 0 Å². The fourth-order valence-corrected chi connectivity index (χ4v) is 0.548. The van der Waals surface area contributed by atoms with Crippen molar-refractivity contribution in [2.24, 2.45) is 0 Å². The standard InChI is InChI=1S/C6H18NSi/c1-5-6(8)7(2,3)4/h6H,5H2,1-4,8H3/q+1. The molecule has 2 heteroatoms. The second-order valence-corrected chi connectivity index (χ2v) is 4.71. The van der Waals surface area contributed by atoms with E-state index in [1.165, 1.54) is 16.7 Å². The van der Waals surface area contributed by atoms with E-state index >= 15 is 0 Å². The first kappa shape index (κ1) is 8.18. The van der Waals surface area contributed by atoms with Gasteiger partial charge in [0.2, 0.25) is 0 Å². The summed E-state index contributed by atoms with van der Waals surface area (Å²) < 4.78 is 1.14. The van der Waals surface area contributed by atoms with E-state index < -0.39 is 0 Å². The van der Waals surface area contributed by atoms with Crippen LogP contribution in [0.2, 0.25) is 0 Å². The molecule has 0 amide bonds. The molecule has 0 aromatic carbocycles. The quantitative estimate of drug-likeness (QED) is 0.360. The molecule has 1 atom stereocenters. The maximum absolute atomic E-state index is 2.27. The van der Waals surface area contributed by atoms with Gasteiger partial charge in [-0.15, -0.1) is 0 Å². The summed E-state index contributed by atoms with van der Waals surface area (Å²) in [7, 11) is 8.12. The molecule has 0 bridgehead atoms. The average Bonchev–Trinajstić information content (AvgIpc) is 1.62. The molecule has 0 aliphatic carbocycles. The topological polar surface area (TPSA) is 0 Å². The van der Waals surface area contributed by atoms with Crippen LogP contribution >= 0.6 is 0 Å². The van der Waals surface area contributed by atoms with E-state index in [1.54, 1.807) is 0 Å². The molecule has 0 aliphatic heterocycles. The Morgan fingerprint density at radius 2 is 1.75 bits per heavy atom. The Kier molecular flexibility index (Phi) is 2.70. The van der Waals surface area contributed by atoms with Crippen LogP contribution in [0.25, 0.3) is 0 Å². The van der Waals surface area contributed by atoms with Crippen LogP contribution in [-0.2, 0) is 0 Å². The van der Waals surface area contributed by atoms with Gasteiger partial charge in [-0.2, -0.15) is 0 Å². The van der Waals surface area contributed by atoms with Gasteiger partial charge in [0, 0.05) is 0 Å². The number of quaternary nitrogens is 1. The molecule has 0 saturated carbocycles. The highest BCUT2D eigenvalue weighted by atomic mass is 28.1. The highest BCUT2D eigenvalue weighted by Crippen LogP contribution is 2.00. The molecule has 0 radical (unpaired) electrons. The van der Waals surface area contributed by atoms with Crippen molar-refractivity contribution in [3.05, 3.63) is 0 Å².